The minimum atomic E-state index is 0.906. The molecule has 0 aliphatic rings. The molecular formula is C10H15N5S. The van der Waals surface area contributed by atoms with Crippen LogP contribution < -0.4 is 5.32 Å². The van der Waals surface area contributed by atoms with Gasteiger partial charge in [0.25, 0.3) is 0 Å². The zero-order valence-corrected chi connectivity index (χ0v) is 10.0. The number of H-pyrrole nitrogens is 1. The lowest BCUT2D eigenvalue weighted by atomic mass is 10.4. The second kappa shape index (κ2) is 5.72. The van der Waals surface area contributed by atoms with Crippen LogP contribution in [0.3, 0.4) is 0 Å². The van der Waals surface area contributed by atoms with Crippen molar-refractivity contribution in [3.8, 4) is 10.7 Å². The standard InChI is InChI=1S/C10H15N5S/c1-2-5-11-6-4-9-14-15-10(16-9)8-3-7-12-13-8/h3,7,11H,2,4-6H2,1H3,(H,12,13). The van der Waals surface area contributed by atoms with Gasteiger partial charge in [0.1, 0.15) is 5.01 Å². The smallest absolute Gasteiger partial charge is 0.165 e. The van der Waals surface area contributed by atoms with E-state index in [1.54, 1.807) is 17.5 Å². The van der Waals surface area contributed by atoms with Gasteiger partial charge in [0.2, 0.25) is 0 Å². The van der Waals surface area contributed by atoms with Crippen molar-refractivity contribution >= 4 is 11.3 Å². The first kappa shape index (κ1) is 11.2. The van der Waals surface area contributed by atoms with Crippen LogP contribution >= 0.6 is 11.3 Å². The van der Waals surface area contributed by atoms with E-state index in [-0.39, 0.29) is 0 Å². The predicted molar refractivity (Wildman–Crippen MR) is 64.4 cm³/mol. The molecule has 0 aliphatic carbocycles. The summed E-state index contributed by atoms with van der Waals surface area (Å²) in [5.41, 5.74) is 0.935. The van der Waals surface area contributed by atoms with E-state index in [4.69, 9.17) is 0 Å². The molecule has 0 fully saturated rings. The van der Waals surface area contributed by atoms with Crippen LogP contribution in [-0.4, -0.2) is 33.5 Å². The highest BCUT2D eigenvalue weighted by molar-refractivity contribution is 7.14. The minimum Gasteiger partial charge on any atom is -0.316 e. The molecule has 0 atom stereocenters. The van der Waals surface area contributed by atoms with E-state index < -0.39 is 0 Å². The van der Waals surface area contributed by atoms with Gasteiger partial charge in [-0.25, -0.2) is 0 Å². The second-order valence-corrected chi connectivity index (χ2v) is 4.53. The van der Waals surface area contributed by atoms with E-state index in [1.807, 2.05) is 6.07 Å². The van der Waals surface area contributed by atoms with Crippen LogP contribution in [0.25, 0.3) is 10.7 Å². The average molecular weight is 237 g/mol. The molecule has 5 nitrogen and oxygen atoms in total. The molecule has 0 saturated heterocycles. The number of nitrogens with zero attached hydrogens (tertiary/aromatic N) is 3. The molecule has 2 aromatic rings. The van der Waals surface area contributed by atoms with Crippen molar-refractivity contribution in [1.82, 2.24) is 25.7 Å². The Kier molecular flexibility index (Phi) is 4.01. The van der Waals surface area contributed by atoms with Crippen molar-refractivity contribution in [3.63, 3.8) is 0 Å². The highest BCUT2D eigenvalue weighted by Crippen LogP contribution is 2.20. The third-order valence-electron chi connectivity index (χ3n) is 2.14. The molecule has 2 aromatic heterocycles. The first-order valence-electron chi connectivity index (χ1n) is 5.43. The van der Waals surface area contributed by atoms with Crippen molar-refractivity contribution in [2.24, 2.45) is 0 Å². The fraction of sp³-hybridized carbons (Fsp3) is 0.500. The lowest BCUT2D eigenvalue weighted by molar-refractivity contribution is 0.668. The Labute approximate surface area is 98.3 Å². The van der Waals surface area contributed by atoms with Gasteiger partial charge in [0.05, 0.1) is 5.69 Å². The lowest BCUT2D eigenvalue weighted by Gasteiger charge is -1.98. The summed E-state index contributed by atoms with van der Waals surface area (Å²) >= 11 is 1.62. The van der Waals surface area contributed by atoms with Crippen LogP contribution in [-0.2, 0) is 6.42 Å². The van der Waals surface area contributed by atoms with Crippen molar-refractivity contribution in [2.45, 2.75) is 19.8 Å². The van der Waals surface area contributed by atoms with Gasteiger partial charge in [0, 0.05) is 19.2 Å². The van der Waals surface area contributed by atoms with Crippen molar-refractivity contribution < 1.29 is 0 Å². The molecule has 0 unspecified atom stereocenters. The number of nitrogens with one attached hydrogen (secondary N) is 2. The van der Waals surface area contributed by atoms with Gasteiger partial charge >= 0.3 is 0 Å². The molecule has 0 radical (unpaired) electrons. The molecule has 0 bridgehead atoms. The Morgan fingerprint density at radius 1 is 1.38 bits per heavy atom. The quantitative estimate of drug-likeness (QED) is 0.747. The Balaban J connectivity index is 1.88. The molecule has 0 saturated carbocycles. The summed E-state index contributed by atoms with van der Waals surface area (Å²) < 4.78 is 0. The third-order valence-corrected chi connectivity index (χ3v) is 3.16. The molecule has 2 rings (SSSR count). The highest BCUT2D eigenvalue weighted by atomic mass is 32.1. The van der Waals surface area contributed by atoms with Gasteiger partial charge in [-0.05, 0) is 19.0 Å². The average Bonchev–Trinajstić information content (AvgIpc) is 2.94. The Hall–Kier alpha value is -1.27. The van der Waals surface area contributed by atoms with E-state index in [2.05, 4.69) is 32.6 Å². The van der Waals surface area contributed by atoms with E-state index in [0.717, 1.165) is 41.6 Å². The van der Waals surface area contributed by atoms with Crippen molar-refractivity contribution in [3.05, 3.63) is 17.3 Å². The normalized spacial score (nSPS) is 10.8. The summed E-state index contributed by atoms with van der Waals surface area (Å²) in [4.78, 5) is 0. The first-order chi connectivity index (χ1) is 7.90. The summed E-state index contributed by atoms with van der Waals surface area (Å²) in [5, 5.41) is 20.4. The van der Waals surface area contributed by atoms with Gasteiger partial charge in [0.15, 0.2) is 5.01 Å². The third kappa shape index (κ3) is 2.86. The largest absolute Gasteiger partial charge is 0.316 e. The van der Waals surface area contributed by atoms with Gasteiger partial charge in [-0.1, -0.05) is 18.3 Å². The monoisotopic (exact) mass is 237 g/mol. The van der Waals surface area contributed by atoms with Crippen LogP contribution in [0, 0.1) is 0 Å². The molecule has 0 amide bonds. The van der Waals surface area contributed by atoms with Crippen molar-refractivity contribution in [1.29, 1.82) is 0 Å². The second-order valence-electron chi connectivity index (χ2n) is 3.47. The fourth-order valence-corrected chi connectivity index (χ4v) is 2.15. The molecular weight excluding hydrogens is 222 g/mol. The molecule has 16 heavy (non-hydrogen) atoms. The topological polar surface area (TPSA) is 66.5 Å². The summed E-state index contributed by atoms with van der Waals surface area (Å²) in [6, 6.07) is 1.90. The van der Waals surface area contributed by atoms with Crippen LogP contribution in [0.1, 0.15) is 18.4 Å². The summed E-state index contributed by atoms with van der Waals surface area (Å²) in [7, 11) is 0. The number of hydrogen-bond donors (Lipinski definition) is 2. The SMILES string of the molecule is CCCNCCc1nnc(-c2ccn[nH]2)s1. The molecule has 2 heterocycles. The molecule has 86 valence electrons. The Morgan fingerprint density at radius 2 is 2.31 bits per heavy atom. The van der Waals surface area contributed by atoms with E-state index in [1.165, 1.54) is 0 Å². The summed E-state index contributed by atoms with van der Waals surface area (Å²) in [6.45, 7) is 4.19. The Morgan fingerprint density at radius 3 is 3.06 bits per heavy atom. The lowest BCUT2D eigenvalue weighted by Crippen LogP contribution is -2.17. The summed E-state index contributed by atoms with van der Waals surface area (Å²) in [6.07, 6.45) is 3.82. The maximum atomic E-state index is 4.15. The predicted octanol–water partition coefficient (Wildman–Crippen LogP) is 1.47. The van der Waals surface area contributed by atoms with Crippen LogP contribution in [0.4, 0.5) is 0 Å². The molecule has 0 spiro atoms. The number of hydrogen-bond acceptors (Lipinski definition) is 5. The first-order valence-corrected chi connectivity index (χ1v) is 6.24. The van der Waals surface area contributed by atoms with E-state index >= 15 is 0 Å². The molecule has 0 aromatic carbocycles. The Bertz CT molecular complexity index is 409. The van der Waals surface area contributed by atoms with Crippen LogP contribution in [0.5, 0.6) is 0 Å². The summed E-state index contributed by atoms with van der Waals surface area (Å²) in [5.74, 6) is 0. The molecule has 6 heteroatoms. The van der Waals surface area contributed by atoms with Crippen LogP contribution in [0.15, 0.2) is 12.3 Å². The zero-order valence-electron chi connectivity index (χ0n) is 9.23. The number of aromatic nitrogens is 4. The van der Waals surface area contributed by atoms with Gasteiger partial charge in [-0.15, -0.1) is 10.2 Å². The van der Waals surface area contributed by atoms with Gasteiger partial charge in [-0.2, -0.15) is 5.10 Å². The van der Waals surface area contributed by atoms with Gasteiger partial charge < -0.3 is 5.32 Å². The molecule has 2 N–H and O–H groups in total. The fourth-order valence-electron chi connectivity index (χ4n) is 1.34. The maximum Gasteiger partial charge on any atom is 0.165 e. The maximum absolute atomic E-state index is 4.15. The number of rotatable bonds is 6. The minimum absolute atomic E-state index is 0.906. The zero-order chi connectivity index (χ0) is 11.2. The highest BCUT2D eigenvalue weighted by Gasteiger charge is 2.06. The van der Waals surface area contributed by atoms with Gasteiger partial charge in [-0.3, -0.25) is 5.10 Å². The van der Waals surface area contributed by atoms with Crippen molar-refractivity contribution in [2.75, 3.05) is 13.1 Å². The molecule has 0 aliphatic heterocycles. The van der Waals surface area contributed by atoms with Crippen LogP contribution in [0.2, 0.25) is 0 Å². The van der Waals surface area contributed by atoms with E-state index in [9.17, 15) is 0 Å². The van der Waals surface area contributed by atoms with E-state index in [0.29, 0.717) is 0 Å². The number of aromatic amines is 1.